The summed E-state index contributed by atoms with van der Waals surface area (Å²) in [5, 5.41) is 0. The number of fused-ring (bicyclic) bond motifs is 5. The highest BCUT2D eigenvalue weighted by molar-refractivity contribution is 6.25. The topological polar surface area (TPSA) is 84.0 Å². The first-order valence-corrected chi connectivity index (χ1v) is 11.3. The lowest BCUT2D eigenvalue weighted by Gasteiger charge is -2.37. The molecule has 2 aromatic rings. The molecule has 0 radical (unpaired) electrons. The van der Waals surface area contributed by atoms with Gasteiger partial charge in [0.2, 0.25) is 11.8 Å². The number of anilines is 1. The third kappa shape index (κ3) is 3.03. The first-order valence-electron chi connectivity index (χ1n) is 11.3. The molecule has 2 aromatic carbocycles. The molecule has 2 amide bonds. The van der Waals surface area contributed by atoms with Crippen LogP contribution in [-0.2, 0) is 19.1 Å². The summed E-state index contributed by atoms with van der Waals surface area (Å²) in [6.45, 7) is 5.47. The smallest absolute Gasteiger partial charge is 0.339 e. The monoisotopic (exact) mass is 458 g/mol. The van der Waals surface area contributed by atoms with Crippen molar-refractivity contribution in [2.45, 2.75) is 32.9 Å². The van der Waals surface area contributed by atoms with E-state index in [0.29, 0.717) is 0 Å². The molecule has 2 fully saturated rings. The van der Waals surface area contributed by atoms with Crippen molar-refractivity contribution in [1.82, 2.24) is 4.90 Å². The van der Waals surface area contributed by atoms with E-state index in [1.165, 1.54) is 13.2 Å². The minimum atomic E-state index is -0.856. The van der Waals surface area contributed by atoms with Crippen molar-refractivity contribution in [2.75, 3.05) is 12.0 Å². The van der Waals surface area contributed by atoms with Gasteiger partial charge in [-0.25, -0.2) is 9.69 Å². The van der Waals surface area contributed by atoms with E-state index in [-0.39, 0.29) is 17.0 Å². The molecule has 3 heterocycles. The number of nitrogens with zero attached hydrogens (tertiary/aromatic N) is 2. The average molecular weight is 459 g/mol. The average Bonchev–Trinajstić information content (AvgIpc) is 3.30. The summed E-state index contributed by atoms with van der Waals surface area (Å²) in [5.74, 6) is -3.21. The van der Waals surface area contributed by atoms with Gasteiger partial charge in [-0.05, 0) is 29.3 Å². The number of esters is 1. The van der Waals surface area contributed by atoms with Crippen molar-refractivity contribution in [2.24, 2.45) is 17.3 Å². The second kappa shape index (κ2) is 7.65. The van der Waals surface area contributed by atoms with E-state index in [9.17, 15) is 19.2 Å². The van der Waals surface area contributed by atoms with Gasteiger partial charge in [-0.2, -0.15) is 0 Å². The summed E-state index contributed by atoms with van der Waals surface area (Å²) in [5.41, 5.74) is 1.47. The molecule has 0 N–H and O–H groups in total. The number of ether oxygens (including phenoxy) is 1. The molecule has 174 valence electrons. The standard InChI is InChI=1S/C27H26N2O5/c1-27(2,3)23(30)22-20-19(21-16-10-6-5-9-15(16)13-14-28(21)22)24(31)29(25(20)32)18-12-8-7-11-17(18)26(33)34-4/h5-14,19-22H,1-4H3/t19-,20+,21-,22+/m0/s1. The van der Waals surface area contributed by atoms with Gasteiger partial charge >= 0.3 is 5.97 Å². The van der Waals surface area contributed by atoms with Crippen molar-refractivity contribution < 1.29 is 23.9 Å². The van der Waals surface area contributed by atoms with Crippen LogP contribution in [0.4, 0.5) is 5.69 Å². The van der Waals surface area contributed by atoms with Crippen LogP contribution < -0.4 is 4.90 Å². The van der Waals surface area contributed by atoms with Gasteiger partial charge in [-0.15, -0.1) is 0 Å². The molecular weight excluding hydrogens is 432 g/mol. The second-order valence-corrected chi connectivity index (χ2v) is 9.97. The number of benzene rings is 2. The Morgan fingerprint density at radius 2 is 1.56 bits per heavy atom. The van der Waals surface area contributed by atoms with E-state index in [4.69, 9.17) is 4.74 Å². The summed E-state index contributed by atoms with van der Waals surface area (Å²) in [6, 6.07) is 12.9. The van der Waals surface area contributed by atoms with E-state index in [1.54, 1.807) is 18.2 Å². The molecule has 4 atom stereocenters. The SMILES string of the molecule is COC(=O)c1ccccc1N1C(=O)[C@@H]2[C@H](C1=O)[C@@H]1c3ccccc3C=CN1[C@H]2C(=O)C(C)(C)C. The molecular formula is C27H26N2O5. The van der Waals surface area contributed by atoms with Crippen molar-refractivity contribution in [1.29, 1.82) is 0 Å². The summed E-state index contributed by atoms with van der Waals surface area (Å²) in [4.78, 5) is 56.9. The van der Waals surface area contributed by atoms with E-state index in [0.717, 1.165) is 16.0 Å². The van der Waals surface area contributed by atoms with Gasteiger partial charge in [0.1, 0.15) is 6.04 Å². The van der Waals surface area contributed by atoms with Gasteiger partial charge in [-0.3, -0.25) is 14.4 Å². The molecule has 34 heavy (non-hydrogen) atoms. The van der Waals surface area contributed by atoms with Crippen LogP contribution in [0, 0.1) is 17.3 Å². The predicted molar refractivity (Wildman–Crippen MR) is 126 cm³/mol. The van der Waals surface area contributed by atoms with E-state index in [1.807, 2.05) is 62.2 Å². The van der Waals surface area contributed by atoms with Crippen LogP contribution in [0.2, 0.25) is 0 Å². The molecule has 0 saturated carbocycles. The molecule has 0 aromatic heterocycles. The van der Waals surface area contributed by atoms with Gasteiger partial charge in [0.05, 0.1) is 36.2 Å². The van der Waals surface area contributed by atoms with Gasteiger partial charge in [0.15, 0.2) is 5.78 Å². The zero-order valence-corrected chi connectivity index (χ0v) is 19.5. The minimum absolute atomic E-state index is 0.0988. The van der Waals surface area contributed by atoms with Crippen LogP contribution in [0.1, 0.15) is 48.3 Å². The van der Waals surface area contributed by atoms with Crippen LogP contribution in [0.3, 0.4) is 0 Å². The van der Waals surface area contributed by atoms with E-state index < -0.39 is 47.1 Å². The number of rotatable bonds is 3. The number of carbonyl (C=O) groups excluding carboxylic acids is 4. The first-order chi connectivity index (χ1) is 16.2. The molecule has 7 nitrogen and oxygen atoms in total. The summed E-state index contributed by atoms with van der Waals surface area (Å²) >= 11 is 0. The van der Waals surface area contributed by atoms with Gasteiger partial charge in [0.25, 0.3) is 0 Å². The minimum Gasteiger partial charge on any atom is -0.465 e. The van der Waals surface area contributed by atoms with Crippen molar-refractivity contribution in [3.05, 3.63) is 71.4 Å². The molecule has 0 bridgehead atoms. The van der Waals surface area contributed by atoms with Crippen LogP contribution in [0.25, 0.3) is 6.08 Å². The molecule has 2 saturated heterocycles. The summed E-state index contributed by atoms with van der Waals surface area (Å²) in [6.07, 6.45) is 3.77. The van der Waals surface area contributed by atoms with Crippen LogP contribution >= 0.6 is 0 Å². The van der Waals surface area contributed by atoms with E-state index >= 15 is 0 Å². The number of amides is 2. The Kier molecular flexibility index (Phi) is 4.97. The fourth-order valence-corrected chi connectivity index (χ4v) is 5.49. The Morgan fingerprint density at radius 3 is 2.26 bits per heavy atom. The van der Waals surface area contributed by atoms with Crippen LogP contribution in [-0.4, -0.2) is 41.6 Å². The highest BCUT2D eigenvalue weighted by atomic mass is 16.5. The molecule has 3 aliphatic rings. The fraction of sp³-hybridized carbons (Fsp3) is 0.333. The van der Waals surface area contributed by atoms with Crippen molar-refractivity contribution in [3.8, 4) is 0 Å². The highest BCUT2D eigenvalue weighted by Crippen LogP contribution is 2.54. The Morgan fingerprint density at radius 1 is 0.912 bits per heavy atom. The number of para-hydroxylation sites is 1. The third-order valence-corrected chi connectivity index (χ3v) is 7.02. The largest absolute Gasteiger partial charge is 0.465 e. The number of imide groups is 1. The third-order valence-electron chi connectivity index (χ3n) is 7.02. The van der Waals surface area contributed by atoms with Crippen molar-refractivity contribution in [3.63, 3.8) is 0 Å². The Balaban J connectivity index is 1.68. The molecule has 3 aliphatic heterocycles. The lowest BCUT2D eigenvalue weighted by Crippen LogP contribution is -2.48. The van der Waals surface area contributed by atoms with Gasteiger partial charge < -0.3 is 9.64 Å². The normalized spacial score (nSPS) is 25.2. The maximum Gasteiger partial charge on any atom is 0.339 e. The molecule has 0 spiro atoms. The molecule has 0 aliphatic carbocycles. The van der Waals surface area contributed by atoms with Crippen molar-refractivity contribution >= 4 is 35.3 Å². The van der Waals surface area contributed by atoms with E-state index in [2.05, 4.69) is 0 Å². The number of hydrogen-bond acceptors (Lipinski definition) is 6. The maximum atomic E-state index is 13.9. The first kappa shape index (κ1) is 22.1. The highest BCUT2D eigenvalue weighted by Gasteiger charge is 2.65. The lowest BCUT2D eigenvalue weighted by molar-refractivity contribution is -0.135. The zero-order chi connectivity index (χ0) is 24.4. The van der Waals surface area contributed by atoms with Crippen LogP contribution in [0.15, 0.2) is 54.7 Å². The lowest BCUT2D eigenvalue weighted by atomic mass is 9.79. The molecule has 0 unspecified atom stereocenters. The molecule has 5 rings (SSSR count). The van der Waals surface area contributed by atoms with Gasteiger partial charge in [-0.1, -0.05) is 57.2 Å². The Labute approximate surface area is 198 Å². The number of hydrogen-bond donors (Lipinski definition) is 0. The zero-order valence-electron chi connectivity index (χ0n) is 19.5. The van der Waals surface area contributed by atoms with Gasteiger partial charge in [0, 0.05) is 11.6 Å². The molecule has 7 heteroatoms. The number of carbonyl (C=O) groups is 4. The Bertz CT molecular complexity index is 1260. The number of ketones is 1. The quantitative estimate of drug-likeness (QED) is 0.516. The summed E-state index contributed by atoms with van der Waals surface area (Å²) in [7, 11) is 1.25. The number of Topliss-reactive ketones (excluding diaryl/α,β-unsaturated/α-hetero) is 1. The summed E-state index contributed by atoms with van der Waals surface area (Å²) < 4.78 is 4.88. The predicted octanol–water partition coefficient (Wildman–Crippen LogP) is 3.60. The fourth-order valence-electron chi connectivity index (χ4n) is 5.49. The maximum absolute atomic E-state index is 13.9. The van der Waals surface area contributed by atoms with Crippen LogP contribution in [0.5, 0.6) is 0 Å². The Hall–Kier alpha value is -3.74. The number of methoxy groups -OCH3 is 1. The second-order valence-electron chi connectivity index (χ2n) is 9.97.